The Hall–Kier alpha value is -2.66. The number of nitrogens with one attached hydrogen (secondary N) is 1. The summed E-state index contributed by atoms with van der Waals surface area (Å²) in [5.41, 5.74) is 3.53. The van der Waals surface area contributed by atoms with Crippen LogP contribution in [-0.2, 0) is 22.6 Å². The molecular weight excluding hydrogens is 362 g/mol. The van der Waals surface area contributed by atoms with Crippen LogP contribution in [0.2, 0.25) is 0 Å². The van der Waals surface area contributed by atoms with Crippen LogP contribution in [0.25, 0.3) is 0 Å². The van der Waals surface area contributed by atoms with Gasteiger partial charge in [-0.15, -0.1) is 0 Å². The molecule has 0 saturated carbocycles. The molecule has 2 aromatic rings. The average molecular weight is 392 g/mol. The third-order valence-corrected chi connectivity index (χ3v) is 5.95. The minimum absolute atomic E-state index is 0.0589. The second-order valence-corrected chi connectivity index (χ2v) is 7.93. The van der Waals surface area contributed by atoms with Gasteiger partial charge in [0.15, 0.2) is 0 Å². The van der Waals surface area contributed by atoms with Gasteiger partial charge in [0, 0.05) is 31.7 Å². The van der Waals surface area contributed by atoms with Gasteiger partial charge in [-0.25, -0.2) is 0 Å². The molecule has 0 bridgehead atoms. The van der Waals surface area contributed by atoms with Gasteiger partial charge in [-0.05, 0) is 49.4 Å². The van der Waals surface area contributed by atoms with Gasteiger partial charge in [0.05, 0.1) is 6.04 Å². The van der Waals surface area contributed by atoms with Crippen molar-refractivity contribution in [3.8, 4) is 0 Å². The van der Waals surface area contributed by atoms with E-state index in [0.29, 0.717) is 19.4 Å². The van der Waals surface area contributed by atoms with E-state index in [0.717, 1.165) is 44.6 Å². The number of anilines is 1. The molecular formula is C24H29N3O2. The van der Waals surface area contributed by atoms with E-state index >= 15 is 0 Å². The van der Waals surface area contributed by atoms with Crippen LogP contribution in [-0.4, -0.2) is 42.4 Å². The van der Waals surface area contributed by atoms with Crippen molar-refractivity contribution in [3.63, 3.8) is 0 Å². The molecule has 0 unspecified atom stereocenters. The number of amides is 2. The highest BCUT2D eigenvalue weighted by Gasteiger charge is 2.30. The Bertz CT molecular complexity index is 852. The number of likely N-dealkylation sites (tertiary alicyclic amines) is 1. The fourth-order valence-corrected chi connectivity index (χ4v) is 4.43. The molecule has 2 aliphatic heterocycles. The van der Waals surface area contributed by atoms with Crippen LogP contribution in [0.4, 0.5) is 5.69 Å². The van der Waals surface area contributed by atoms with Crippen LogP contribution >= 0.6 is 0 Å². The van der Waals surface area contributed by atoms with Crippen LogP contribution in [0.15, 0.2) is 54.6 Å². The lowest BCUT2D eigenvalue weighted by Crippen LogP contribution is -2.43. The maximum Gasteiger partial charge on any atom is 0.237 e. The van der Waals surface area contributed by atoms with Gasteiger partial charge in [-0.1, -0.05) is 48.5 Å². The molecule has 5 heteroatoms. The largest absolute Gasteiger partial charge is 0.355 e. The van der Waals surface area contributed by atoms with Crippen molar-refractivity contribution in [1.29, 1.82) is 0 Å². The molecule has 1 fully saturated rings. The molecule has 4 rings (SSSR count). The summed E-state index contributed by atoms with van der Waals surface area (Å²) in [6.45, 7) is 3.09. The van der Waals surface area contributed by atoms with E-state index in [-0.39, 0.29) is 17.9 Å². The molecule has 0 spiro atoms. The van der Waals surface area contributed by atoms with E-state index in [4.69, 9.17) is 0 Å². The number of para-hydroxylation sites is 1. The molecule has 1 N–H and O–H groups in total. The molecule has 2 aromatic carbocycles. The zero-order valence-corrected chi connectivity index (χ0v) is 16.8. The highest BCUT2D eigenvalue weighted by molar-refractivity contribution is 5.95. The number of carbonyl (C=O) groups excluding carboxylic acids is 2. The Morgan fingerprint density at radius 3 is 2.66 bits per heavy atom. The molecule has 1 saturated heterocycles. The Morgan fingerprint density at radius 2 is 1.79 bits per heavy atom. The maximum atomic E-state index is 12.7. The Morgan fingerprint density at radius 1 is 1.00 bits per heavy atom. The molecule has 2 aliphatic rings. The summed E-state index contributed by atoms with van der Waals surface area (Å²) < 4.78 is 0. The van der Waals surface area contributed by atoms with E-state index in [2.05, 4.69) is 28.4 Å². The third-order valence-electron chi connectivity index (χ3n) is 5.95. The Labute approximate surface area is 172 Å². The van der Waals surface area contributed by atoms with Gasteiger partial charge in [0.25, 0.3) is 0 Å². The van der Waals surface area contributed by atoms with Crippen molar-refractivity contribution in [2.24, 2.45) is 0 Å². The number of benzene rings is 2. The normalized spacial score (nSPS) is 18.6. The van der Waals surface area contributed by atoms with Crippen molar-refractivity contribution in [1.82, 2.24) is 10.2 Å². The van der Waals surface area contributed by atoms with Gasteiger partial charge in [0.1, 0.15) is 0 Å². The minimum atomic E-state index is -0.0589. The van der Waals surface area contributed by atoms with Gasteiger partial charge in [-0.2, -0.15) is 0 Å². The molecule has 0 aromatic heterocycles. The Balaban J connectivity index is 1.21. The lowest BCUT2D eigenvalue weighted by Gasteiger charge is -2.24. The molecule has 0 aliphatic carbocycles. The number of carbonyl (C=O) groups is 2. The van der Waals surface area contributed by atoms with Crippen molar-refractivity contribution in [2.45, 2.75) is 44.7 Å². The lowest BCUT2D eigenvalue weighted by atomic mass is 10.1. The van der Waals surface area contributed by atoms with Crippen LogP contribution in [0.5, 0.6) is 0 Å². The van der Waals surface area contributed by atoms with Crippen molar-refractivity contribution < 1.29 is 9.59 Å². The van der Waals surface area contributed by atoms with Crippen LogP contribution in [0.1, 0.15) is 36.8 Å². The van der Waals surface area contributed by atoms with E-state index < -0.39 is 0 Å². The molecule has 2 amide bonds. The molecule has 0 radical (unpaired) electrons. The summed E-state index contributed by atoms with van der Waals surface area (Å²) in [5.74, 6) is 0.244. The monoisotopic (exact) mass is 391 g/mol. The minimum Gasteiger partial charge on any atom is -0.355 e. The van der Waals surface area contributed by atoms with Crippen LogP contribution in [0.3, 0.4) is 0 Å². The zero-order valence-electron chi connectivity index (χ0n) is 16.8. The van der Waals surface area contributed by atoms with E-state index in [1.165, 1.54) is 11.1 Å². The summed E-state index contributed by atoms with van der Waals surface area (Å²) >= 11 is 0. The first kappa shape index (κ1) is 19.6. The maximum absolute atomic E-state index is 12.7. The first-order chi connectivity index (χ1) is 14.2. The summed E-state index contributed by atoms with van der Waals surface area (Å²) in [5, 5.41) is 3.05. The SMILES string of the molecule is O=C(NCCCC(=O)N1CCc2ccccc21)[C@H]1CCCN1Cc1ccccc1. The highest BCUT2D eigenvalue weighted by atomic mass is 16.2. The summed E-state index contributed by atoms with van der Waals surface area (Å²) in [6, 6.07) is 18.3. The van der Waals surface area contributed by atoms with Gasteiger partial charge in [0.2, 0.25) is 11.8 Å². The summed E-state index contributed by atoms with van der Waals surface area (Å²) in [6.07, 6.45) is 4.03. The number of hydrogen-bond acceptors (Lipinski definition) is 3. The van der Waals surface area contributed by atoms with E-state index in [1.807, 2.05) is 41.3 Å². The predicted molar refractivity (Wildman–Crippen MR) is 115 cm³/mol. The second kappa shape index (κ2) is 9.23. The van der Waals surface area contributed by atoms with Crippen molar-refractivity contribution >= 4 is 17.5 Å². The molecule has 5 nitrogen and oxygen atoms in total. The highest BCUT2D eigenvalue weighted by Crippen LogP contribution is 2.28. The lowest BCUT2D eigenvalue weighted by molar-refractivity contribution is -0.126. The predicted octanol–water partition coefficient (Wildman–Crippen LogP) is 3.14. The number of rotatable bonds is 7. The molecule has 1 atom stereocenters. The van der Waals surface area contributed by atoms with Gasteiger partial charge < -0.3 is 10.2 Å². The zero-order chi connectivity index (χ0) is 20.1. The quantitative estimate of drug-likeness (QED) is 0.738. The van der Waals surface area contributed by atoms with E-state index in [1.54, 1.807) is 0 Å². The van der Waals surface area contributed by atoms with E-state index in [9.17, 15) is 9.59 Å². The Kier molecular flexibility index (Phi) is 6.25. The number of nitrogens with zero attached hydrogens (tertiary/aromatic N) is 2. The van der Waals surface area contributed by atoms with Crippen molar-refractivity contribution in [2.75, 3.05) is 24.5 Å². The molecule has 152 valence electrons. The number of fused-ring (bicyclic) bond motifs is 1. The number of hydrogen-bond donors (Lipinski definition) is 1. The van der Waals surface area contributed by atoms with Crippen LogP contribution in [0, 0.1) is 0 Å². The van der Waals surface area contributed by atoms with Gasteiger partial charge >= 0.3 is 0 Å². The standard InChI is InChI=1S/C24H29N3O2/c28-23(27-17-14-20-10-4-5-11-21(20)27)13-6-15-25-24(29)22-12-7-16-26(22)18-19-8-2-1-3-9-19/h1-5,8-11,22H,6-7,12-18H2,(H,25,29)/t22-/m1/s1. The van der Waals surface area contributed by atoms with Crippen molar-refractivity contribution in [3.05, 3.63) is 65.7 Å². The van der Waals surface area contributed by atoms with Gasteiger partial charge in [-0.3, -0.25) is 14.5 Å². The fraction of sp³-hybridized carbons (Fsp3) is 0.417. The first-order valence-corrected chi connectivity index (χ1v) is 10.7. The molecule has 2 heterocycles. The summed E-state index contributed by atoms with van der Waals surface area (Å²) in [7, 11) is 0. The van der Waals surface area contributed by atoms with Crippen LogP contribution < -0.4 is 10.2 Å². The second-order valence-electron chi connectivity index (χ2n) is 7.93. The fourth-order valence-electron chi connectivity index (χ4n) is 4.43. The average Bonchev–Trinajstić information content (AvgIpc) is 3.39. The third kappa shape index (κ3) is 4.67. The topological polar surface area (TPSA) is 52.7 Å². The first-order valence-electron chi connectivity index (χ1n) is 10.7. The molecule has 29 heavy (non-hydrogen) atoms. The summed E-state index contributed by atoms with van der Waals surface area (Å²) in [4.78, 5) is 29.4. The smallest absolute Gasteiger partial charge is 0.237 e.